The summed E-state index contributed by atoms with van der Waals surface area (Å²) in [5.41, 5.74) is -0.0675. The third-order valence-corrected chi connectivity index (χ3v) is 5.80. The molecule has 10 nitrogen and oxygen atoms in total. The van der Waals surface area contributed by atoms with E-state index in [-0.39, 0.29) is 17.4 Å². The van der Waals surface area contributed by atoms with Gasteiger partial charge in [-0.1, -0.05) is 6.92 Å². The first kappa shape index (κ1) is 25.1. The molecule has 2 bridgehead atoms. The lowest BCUT2D eigenvalue weighted by molar-refractivity contribution is -0.149. The van der Waals surface area contributed by atoms with Crippen LogP contribution in [0.1, 0.15) is 19.8 Å². The lowest BCUT2D eigenvalue weighted by Crippen LogP contribution is -2.65. The van der Waals surface area contributed by atoms with Gasteiger partial charge in [-0.05, 0) is 13.0 Å². The molecule has 0 atom stereocenters. The minimum atomic E-state index is -1.35. The summed E-state index contributed by atoms with van der Waals surface area (Å²) < 4.78 is 0. The number of aliphatic carboxylic acids is 1. The van der Waals surface area contributed by atoms with E-state index in [0.717, 1.165) is 78.5 Å². The van der Waals surface area contributed by atoms with Crippen LogP contribution in [0.3, 0.4) is 0 Å². The topological polar surface area (TPSA) is 139 Å². The van der Waals surface area contributed by atoms with E-state index in [0.29, 0.717) is 13.0 Å². The maximum atomic E-state index is 11.4. The minimum absolute atomic E-state index is 0.0588. The van der Waals surface area contributed by atoms with Crippen molar-refractivity contribution in [3.63, 3.8) is 0 Å². The second-order valence-corrected chi connectivity index (χ2v) is 8.91. The molecule has 3 rings (SSSR count). The van der Waals surface area contributed by atoms with Crippen molar-refractivity contribution in [2.24, 2.45) is 5.41 Å². The van der Waals surface area contributed by atoms with Crippen molar-refractivity contribution < 1.29 is 14.7 Å². The third kappa shape index (κ3) is 9.34. The summed E-state index contributed by atoms with van der Waals surface area (Å²) in [6, 6.07) is 0. The number of ketones is 1. The lowest BCUT2D eigenvalue weighted by Gasteiger charge is -2.37. The molecule has 0 aliphatic carbocycles. The summed E-state index contributed by atoms with van der Waals surface area (Å²) >= 11 is 0. The zero-order chi connectivity index (χ0) is 21.7. The summed E-state index contributed by atoms with van der Waals surface area (Å²) in [7, 11) is 0. The first-order valence-corrected chi connectivity index (χ1v) is 11.2. The monoisotopic (exact) mass is 427 g/mol. The number of carboxylic acids is 1. The molecule has 30 heavy (non-hydrogen) atoms. The zero-order valence-corrected chi connectivity index (χ0v) is 18.4. The highest BCUT2D eigenvalue weighted by Gasteiger charge is 2.30. The Morgan fingerprint density at radius 3 is 1.57 bits per heavy atom. The molecule has 3 aliphatic rings. The molecule has 3 heterocycles. The van der Waals surface area contributed by atoms with Gasteiger partial charge in [-0.3, -0.25) is 4.79 Å². The number of carbonyl (C=O) groups excluding carboxylic acids is 1. The molecular weight excluding hydrogens is 386 g/mol. The van der Waals surface area contributed by atoms with Crippen molar-refractivity contribution >= 4 is 11.8 Å². The Balaban J connectivity index is 2.01. The predicted octanol–water partition coefficient (Wildman–Crippen LogP) is -2.68. The van der Waals surface area contributed by atoms with Gasteiger partial charge < -0.3 is 42.3 Å². The van der Waals surface area contributed by atoms with Gasteiger partial charge >= 0.3 is 5.97 Å². The number of hydrogen-bond acceptors (Lipinski definition) is 9. The molecule has 0 aromatic rings. The number of Topliss-reactive ketones (excluding diaryl/α,β-unsaturated/α-hetero) is 1. The third-order valence-electron chi connectivity index (χ3n) is 5.80. The standard InChI is InChI=1S/C20H41N7O3/c1-19-11-21-5-8-24-14-20(15-25-9-6-22-12-19,16-26-10-7-23-13-19)27-4-2-3-17(28)18(29)30/h21-27H,2-16H2,1H3,(H,29,30). The zero-order valence-electron chi connectivity index (χ0n) is 18.4. The number of carboxylic acid groups (broad SMARTS) is 1. The molecule has 0 unspecified atom stereocenters. The molecular formula is C20H41N7O3. The molecule has 0 radical (unpaired) electrons. The SMILES string of the molecule is CC12CNCCNCC(NCCCC(=O)C(=O)O)(CNCCNC1)CNCCNC2. The number of hydrogen-bond donors (Lipinski definition) is 8. The smallest absolute Gasteiger partial charge is 0.372 e. The van der Waals surface area contributed by atoms with Gasteiger partial charge in [0.05, 0.1) is 5.54 Å². The van der Waals surface area contributed by atoms with Crippen LogP contribution in [-0.2, 0) is 9.59 Å². The van der Waals surface area contributed by atoms with Gasteiger partial charge in [0.25, 0.3) is 0 Å². The maximum absolute atomic E-state index is 11.4. The van der Waals surface area contributed by atoms with Gasteiger partial charge in [0, 0.05) is 90.4 Å². The highest BCUT2D eigenvalue weighted by molar-refractivity contribution is 6.32. The van der Waals surface area contributed by atoms with E-state index in [1.807, 2.05) is 0 Å². The van der Waals surface area contributed by atoms with Crippen molar-refractivity contribution in [2.75, 3.05) is 85.1 Å². The first-order chi connectivity index (χ1) is 14.4. The van der Waals surface area contributed by atoms with Crippen LogP contribution >= 0.6 is 0 Å². The fourth-order valence-electron chi connectivity index (χ4n) is 3.96. The van der Waals surface area contributed by atoms with Gasteiger partial charge in [-0.2, -0.15) is 0 Å². The highest BCUT2D eigenvalue weighted by atomic mass is 16.4. The number of carbonyl (C=O) groups is 2. The van der Waals surface area contributed by atoms with Crippen LogP contribution in [0.4, 0.5) is 0 Å². The van der Waals surface area contributed by atoms with Crippen LogP contribution in [0.15, 0.2) is 0 Å². The largest absolute Gasteiger partial charge is 0.476 e. The Bertz CT molecular complexity index is 489. The van der Waals surface area contributed by atoms with Crippen LogP contribution in [0.2, 0.25) is 0 Å². The Kier molecular flexibility index (Phi) is 11.1. The highest BCUT2D eigenvalue weighted by Crippen LogP contribution is 2.12. The van der Waals surface area contributed by atoms with E-state index in [1.165, 1.54) is 0 Å². The second-order valence-electron chi connectivity index (χ2n) is 8.91. The summed E-state index contributed by atoms with van der Waals surface area (Å²) in [5.74, 6) is -2.08. The molecule has 0 aromatic carbocycles. The van der Waals surface area contributed by atoms with Gasteiger partial charge in [0.2, 0.25) is 5.78 Å². The van der Waals surface area contributed by atoms with E-state index in [1.54, 1.807) is 0 Å². The van der Waals surface area contributed by atoms with Crippen molar-refractivity contribution in [1.29, 1.82) is 0 Å². The van der Waals surface area contributed by atoms with Crippen LogP contribution in [0.5, 0.6) is 0 Å². The number of fused-ring (bicyclic) bond motifs is 15. The fraction of sp³-hybridized carbons (Fsp3) is 0.900. The Morgan fingerprint density at radius 2 is 1.17 bits per heavy atom. The summed E-state index contributed by atoms with van der Waals surface area (Å²) in [6.07, 6.45) is 0.569. The van der Waals surface area contributed by atoms with E-state index in [2.05, 4.69) is 44.1 Å². The van der Waals surface area contributed by atoms with E-state index < -0.39 is 11.8 Å². The maximum Gasteiger partial charge on any atom is 0.372 e. The van der Waals surface area contributed by atoms with Crippen molar-refractivity contribution in [3.8, 4) is 0 Å². The first-order valence-electron chi connectivity index (χ1n) is 11.2. The van der Waals surface area contributed by atoms with Gasteiger partial charge in [0.15, 0.2) is 0 Å². The molecule has 174 valence electrons. The molecule has 10 heteroatoms. The quantitative estimate of drug-likeness (QED) is 0.167. The molecule has 3 aliphatic heterocycles. The molecule has 0 spiro atoms. The molecule has 3 saturated heterocycles. The Hall–Kier alpha value is -1.14. The summed E-state index contributed by atoms with van der Waals surface area (Å²) in [4.78, 5) is 22.1. The summed E-state index contributed by atoms with van der Waals surface area (Å²) in [6.45, 7) is 13.4. The van der Waals surface area contributed by atoms with Crippen LogP contribution in [0, 0.1) is 5.41 Å². The molecule has 0 aromatic heterocycles. The van der Waals surface area contributed by atoms with Crippen molar-refractivity contribution in [2.45, 2.75) is 25.3 Å². The van der Waals surface area contributed by atoms with Crippen LogP contribution in [-0.4, -0.2) is 107 Å². The van der Waals surface area contributed by atoms with Gasteiger partial charge in [-0.25, -0.2) is 4.79 Å². The molecule has 8 N–H and O–H groups in total. The second kappa shape index (κ2) is 13.3. The minimum Gasteiger partial charge on any atom is -0.476 e. The van der Waals surface area contributed by atoms with Crippen LogP contribution < -0.4 is 37.2 Å². The van der Waals surface area contributed by atoms with E-state index in [4.69, 9.17) is 5.11 Å². The van der Waals surface area contributed by atoms with Crippen molar-refractivity contribution in [1.82, 2.24) is 37.2 Å². The van der Waals surface area contributed by atoms with Crippen molar-refractivity contribution in [3.05, 3.63) is 0 Å². The molecule has 3 fully saturated rings. The van der Waals surface area contributed by atoms with E-state index >= 15 is 0 Å². The number of nitrogens with one attached hydrogen (secondary N) is 7. The Labute approximate surface area is 180 Å². The number of rotatable bonds is 6. The van der Waals surface area contributed by atoms with E-state index in [9.17, 15) is 9.59 Å². The average molecular weight is 428 g/mol. The predicted molar refractivity (Wildman–Crippen MR) is 118 cm³/mol. The summed E-state index contributed by atoms with van der Waals surface area (Å²) in [5, 5.41) is 33.9. The van der Waals surface area contributed by atoms with Gasteiger partial charge in [0.1, 0.15) is 0 Å². The molecule has 0 amide bonds. The normalized spacial score (nSPS) is 30.3. The molecule has 0 saturated carbocycles. The average Bonchev–Trinajstić information content (AvgIpc) is 2.72. The lowest BCUT2D eigenvalue weighted by atomic mass is 9.90. The fourth-order valence-corrected chi connectivity index (χ4v) is 3.96. The Morgan fingerprint density at radius 1 is 0.767 bits per heavy atom. The van der Waals surface area contributed by atoms with Gasteiger partial charge in [-0.15, -0.1) is 0 Å². The van der Waals surface area contributed by atoms with Crippen LogP contribution in [0.25, 0.3) is 0 Å².